The first-order valence-electron chi connectivity index (χ1n) is 16.6. The molecule has 0 saturated carbocycles. The van der Waals surface area contributed by atoms with Crippen LogP contribution in [0, 0.1) is 48.7 Å². The molecule has 0 amide bonds. The first-order chi connectivity index (χ1) is 21.4. The number of hydrogen-bond donors (Lipinski definition) is 0. The normalized spacial score (nSPS) is 18.9. The molecule has 2 unspecified atom stereocenters. The summed E-state index contributed by atoms with van der Waals surface area (Å²) in [6, 6.07) is 22.1. The van der Waals surface area contributed by atoms with Crippen molar-refractivity contribution in [2.24, 2.45) is 21.7 Å². The monoisotopic (exact) mass is 806 g/mol. The first-order valence-corrected chi connectivity index (χ1v) is 22.5. The molecule has 50 heavy (non-hydrogen) atoms. The van der Waals surface area contributed by atoms with Crippen molar-refractivity contribution in [1.82, 2.24) is 0 Å². The Kier molecular flexibility index (Phi) is 17.6. The molecule has 0 fully saturated rings. The van der Waals surface area contributed by atoms with E-state index in [0.29, 0.717) is 12.1 Å². The quantitative estimate of drug-likeness (QED) is 0.220. The Labute approximate surface area is 336 Å². The second-order valence-electron chi connectivity index (χ2n) is 16.8. The summed E-state index contributed by atoms with van der Waals surface area (Å²) in [5.74, 6) is 0. The summed E-state index contributed by atoms with van der Waals surface area (Å²) in [5.41, 5.74) is 10.9. The van der Waals surface area contributed by atoms with Gasteiger partial charge in [0.1, 0.15) is 0 Å². The molecule has 2 aromatic carbocycles. The Balaban J connectivity index is 0.000000850. The van der Waals surface area contributed by atoms with Gasteiger partial charge in [0.05, 0.1) is 0 Å². The third-order valence-corrected chi connectivity index (χ3v) is 8.84. The zero-order chi connectivity index (χ0) is 34.2. The van der Waals surface area contributed by atoms with Gasteiger partial charge in [0.2, 0.25) is 0 Å². The molecule has 274 valence electrons. The van der Waals surface area contributed by atoms with Crippen LogP contribution in [0.3, 0.4) is 0 Å². The van der Waals surface area contributed by atoms with Crippen LogP contribution in [-0.2, 0) is 23.3 Å². The second-order valence-corrected chi connectivity index (χ2v) is 16.8. The van der Waals surface area contributed by atoms with Crippen molar-refractivity contribution in [2.45, 2.75) is 95.2 Å². The summed E-state index contributed by atoms with van der Waals surface area (Å²) in [6.07, 6.45) is 16.7. The molecule has 0 aromatic heterocycles. The third-order valence-electron chi connectivity index (χ3n) is 8.84. The molecule has 0 radical (unpaired) electrons. The molecule has 2 nitrogen and oxygen atoms in total. The van der Waals surface area contributed by atoms with E-state index in [-0.39, 0.29) is 61.3 Å². The molecule has 4 aliphatic rings. The predicted octanol–water partition coefficient (Wildman–Crippen LogP) is 11.9. The van der Waals surface area contributed by atoms with Gasteiger partial charge < -0.3 is 24.7 Å². The van der Waals surface area contributed by atoms with Crippen molar-refractivity contribution in [3.05, 3.63) is 146 Å². The van der Waals surface area contributed by atoms with E-state index < -0.39 is 0 Å². The van der Waals surface area contributed by atoms with Crippen LogP contribution in [0.4, 0.5) is 11.4 Å². The summed E-state index contributed by atoms with van der Waals surface area (Å²) < 4.78 is 0. The molecule has 6 heteroatoms. The maximum atomic E-state index is 3.64. The van der Waals surface area contributed by atoms with E-state index in [0.717, 1.165) is 0 Å². The molecule has 6 rings (SSSR count). The van der Waals surface area contributed by atoms with Crippen LogP contribution >= 0.6 is 24.8 Å². The Morgan fingerprint density at radius 2 is 0.800 bits per heavy atom. The van der Waals surface area contributed by atoms with Crippen LogP contribution in [0.5, 0.6) is 0 Å². The minimum atomic E-state index is 0. The average Bonchev–Trinajstić information content (AvgIpc) is 3.73. The van der Waals surface area contributed by atoms with E-state index in [4.69, 9.17) is 0 Å². The van der Waals surface area contributed by atoms with Gasteiger partial charge in [0, 0.05) is 23.5 Å². The Morgan fingerprint density at radius 3 is 1.04 bits per heavy atom. The molecule has 0 N–H and O–H groups in total. The first kappa shape index (κ1) is 48.2. The van der Waals surface area contributed by atoms with Crippen molar-refractivity contribution in [3.63, 3.8) is 0 Å². The van der Waals surface area contributed by atoms with E-state index in [9.17, 15) is 0 Å². The summed E-state index contributed by atoms with van der Waals surface area (Å²) >= 11 is 1.58. The van der Waals surface area contributed by atoms with Crippen LogP contribution in [0.1, 0.15) is 83.1 Å². The Hall–Kier alpha value is -1.84. The van der Waals surface area contributed by atoms with Crippen molar-refractivity contribution < 1.29 is 23.3 Å². The maximum absolute atomic E-state index is 3.64. The number of para-hydroxylation sites is 2. The molecular weight excluding hydrogens is 747 g/mol. The van der Waals surface area contributed by atoms with Gasteiger partial charge in [-0.1, -0.05) is 131 Å². The van der Waals surface area contributed by atoms with Gasteiger partial charge in [-0.25, -0.2) is 0 Å². The van der Waals surface area contributed by atoms with Crippen molar-refractivity contribution in [1.29, 1.82) is 0 Å². The molecule has 2 heterocycles. The predicted molar refractivity (Wildman–Crippen MR) is 225 cm³/mol. The molecule has 2 aliphatic carbocycles. The fourth-order valence-electron chi connectivity index (χ4n) is 6.20. The van der Waals surface area contributed by atoms with E-state index in [2.05, 4.69) is 190 Å². The fraction of sp³-hybridized carbons (Fsp3) is 0.409. The van der Waals surface area contributed by atoms with Gasteiger partial charge in [0.15, 0.2) is 0 Å². The molecule has 0 spiro atoms. The zero-order valence-electron chi connectivity index (χ0n) is 33.2. The van der Waals surface area contributed by atoms with E-state index in [1.807, 2.05) is 6.88 Å². The summed E-state index contributed by atoms with van der Waals surface area (Å²) in [4.78, 5) is 4.95. The standard InChI is InChI=1S/2C21H26N.2CH3.2ClH.H2Si.Zr/c2*1-20(2,3)16-12-15-13-19(21(4,5)6)22(18(15)14-16)17-10-8-7-9-11-17;;;;;;/h2*7-11,13-14,19H,1-6H3;2*1H3;2*1H;1H2;/q4*-1;;;;. The van der Waals surface area contributed by atoms with Crippen molar-refractivity contribution in [3.8, 4) is 0 Å². The topological polar surface area (TPSA) is 6.48 Å². The number of halogens is 2. The molecule has 2 aromatic rings. The third kappa shape index (κ3) is 10.6. The van der Waals surface area contributed by atoms with Crippen LogP contribution in [0.15, 0.2) is 119 Å². The fourth-order valence-corrected chi connectivity index (χ4v) is 6.20. The van der Waals surface area contributed by atoms with E-state index in [1.165, 1.54) is 45.1 Å². The second kappa shape index (κ2) is 18.3. The van der Waals surface area contributed by atoms with Crippen LogP contribution in [0.25, 0.3) is 0 Å². The van der Waals surface area contributed by atoms with Gasteiger partial charge in [-0.05, 0) is 45.9 Å². The number of nitrogens with zero attached hydrogens (tertiary/aromatic N) is 2. The van der Waals surface area contributed by atoms with Crippen LogP contribution in [0.2, 0.25) is 0 Å². The summed E-state index contributed by atoms with van der Waals surface area (Å²) in [5, 5.41) is 0. The number of fused-ring (bicyclic) bond motifs is 2. The van der Waals surface area contributed by atoms with Gasteiger partial charge >= 0.3 is 30.2 Å². The van der Waals surface area contributed by atoms with Crippen molar-refractivity contribution >= 4 is 43.1 Å². The van der Waals surface area contributed by atoms with Crippen LogP contribution < -0.4 is 9.80 Å². The number of benzene rings is 2. The number of hydrogen-bond acceptors (Lipinski definition) is 2. The SMILES string of the molecule is CC(C)(C)C1=[C-]C2=CC(C(C)(C)C)N(c3ccccc3)C2=C1.CC(C)(C)C1=[C-]C2=CC(C(C)(C)C)N(c3ccccc3)C2=C1.Cl.Cl.[CH3-].[CH3-].[SiH2]=[Zr]. The zero-order valence-corrected chi connectivity index (χ0v) is 38.7. The summed E-state index contributed by atoms with van der Waals surface area (Å²) in [6.45, 7) is 29.3. The van der Waals surface area contributed by atoms with Gasteiger partial charge in [-0.15, -0.1) is 83.6 Å². The van der Waals surface area contributed by atoms with Gasteiger partial charge in [-0.2, -0.15) is 0 Å². The van der Waals surface area contributed by atoms with E-state index >= 15 is 0 Å². The summed E-state index contributed by atoms with van der Waals surface area (Å²) in [7, 11) is 0. The van der Waals surface area contributed by atoms with E-state index in [1.54, 1.807) is 23.3 Å². The van der Waals surface area contributed by atoms with Gasteiger partial charge in [-0.3, -0.25) is 0 Å². The average molecular weight is 809 g/mol. The number of rotatable bonds is 2. The van der Waals surface area contributed by atoms with Gasteiger partial charge in [0.25, 0.3) is 0 Å². The Bertz CT molecular complexity index is 1480. The molecule has 2 aliphatic heterocycles. The van der Waals surface area contributed by atoms with Crippen molar-refractivity contribution in [2.75, 3.05) is 9.80 Å². The molecular formula is C44H62Cl2N2SiZr-4. The Morgan fingerprint density at radius 1 is 0.520 bits per heavy atom. The van der Waals surface area contributed by atoms with Crippen LogP contribution in [-0.4, -0.2) is 19.0 Å². The number of allylic oxidation sites excluding steroid dienone is 6. The minimum absolute atomic E-state index is 0. The molecule has 2 atom stereocenters. The molecule has 0 bridgehead atoms. The number of anilines is 2. The molecule has 0 saturated heterocycles.